The molecule has 0 saturated carbocycles. The predicted octanol–water partition coefficient (Wildman–Crippen LogP) is 3.34. The third-order valence-corrected chi connectivity index (χ3v) is 3.37. The van der Waals surface area contributed by atoms with Crippen molar-refractivity contribution < 1.29 is 14.7 Å². The first kappa shape index (κ1) is 17.3. The summed E-state index contributed by atoms with van der Waals surface area (Å²) in [5, 5.41) is 14.9. The molecular weight excluding hydrogens is 292 g/mol. The Bertz CT molecular complexity index is 476. The molecule has 6 heteroatoms. The van der Waals surface area contributed by atoms with Crippen LogP contribution in [0.1, 0.15) is 44.7 Å². The molecule has 1 aromatic rings. The first-order chi connectivity index (χ1) is 9.88. The molecule has 21 heavy (non-hydrogen) atoms. The zero-order chi connectivity index (χ0) is 15.8. The van der Waals surface area contributed by atoms with E-state index >= 15 is 0 Å². The summed E-state index contributed by atoms with van der Waals surface area (Å²) in [6.45, 7) is 3.74. The Balaban J connectivity index is 2.35. The van der Waals surface area contributed by atoms with Gasteiger partial charge in [0, 0.05) is 17.5 Å². The minimum absolute atomic E-state index is 0.0678. The van der Waals surface area contributed by atoms with Crippen molar-refractivity contribution >= 4 is 23.6 Å². The summed E-state index contributed by atoms with van der Waals surface area (Å²) in [4.78, 5) is 22.3. The molecule has 2 atom stereocenters. The molecule has 0 spiro atoms. The minimum atomic E-state index is -0.817. The molecule has 5 nitrogen and oxygen atoms in total. The molecule has 1 aromatic carbocycles. The number of hydrogen-bond donors (Lipinski definition) is 3. The smallest absolute Gasteiger partial charge is 0.315 e. The van der Waals surface area contributed by atoms with Crippen LogP contribution < -0.4 is 10.6 Å². The molecular formula is C15H21ClN2O3. The van der Waals surface area contributed by atoms with Crippen molar-refractivity contribution in [2.45, 2.75) is 45.2 Å². The van der Waals surface area contributed by atoms with Gasteiger partial charge in [0.1, 0.15) is 0 Å². The van der Waals surface area contributed by atoms with Crippen LogP contribution in [-0.2, 0) is 4.79 Å². The highest BCUT2D eigenvalue weighted by Crippen LogP contribution is 2.15. The Hall–Kier alpha value is -1.75. The highest BCUT2D eigenvalue weighted by Gasteiger charge is 2.12. The summed E-state index contributed by atoms with van der Waals surface area (Å²) in [7, 11) is 0. The molecule has 3 N–H and O–H groups in total. The number of urea groups is 1. The summed E-state index contributed by atoms with van der Waals surface area (Å²) >= 11 is 5.82. The number of nitrogens with one attached hydrogen (secondary N) is 2. The minimum Gasteiger partial charge on any atom is -0.481 e. The van der Waals surface area contributed by atoms with E-state index in [9.17, 15) is 9.59 Å². The van der Waals surface area contributed by atoms with Gasteiger partial charge in [-0.3, -0.25) is 4.79 Å². The van der Waals surface area contributed by atoms with Crippen molar-refractivity contribution in [3.63, 3.8) is 0 Å². The standard InChI is InChI=1S/C15H21ClN2O3/c1-10(4-3-5-14(19)20)17-15(21)18-11(2)12-6-8-13(16)9-7-12/h6-11H,3-5H2,1-2H3,(H,19,20)(H2,17,18,21). The van der Waals surface area contributed by atoms with Crippen LogP contribution in [0.5, 0.6) is 0 Å². The lowest BCUT2D eigenvalue weighted by atomic mass is 10.1. The second kappa shape index (κ2) is 8.52. The van der Waals surface area contributed by atoms with Crippen LogP contribution in [-0.4, -0.2) is 23.1 Å². The second-order valence-electron chi connectivity index (χ2n) is 5.08. The number of carbonyl (C=O) groups excluding carboxylic acids is 1. The molecule has 0 aliphatic heterocycles. The Morgan fingerprint density at radius 1 is 1.19 bits per heavy atom. The Morgan fingerprint density at radius 2 is 1.81 bits per heavy atom. The van der Waals surface area contributed by atoms with Crippen molar-refractivity contribution in [1.29, 1.82) is 0 Å². The lowest BCUT2D eigenvalue weighted by Crippen LogP contribution is -2.41. The van der Waals surface area contributed by atoms with Gasteiger partial charge < -0.3 is 15.7 Å². The molecule has 0 fully saturated rings. The quantitative estimate of drug-likeness (QED) is 0.722. The fourth-order valence-corrected chi connectivity index (χ4v) is 2.05. The van der Waals surface area contributed by atoms with Crippen LogP contribution in [0.3, 0.4) is 0 Å². The van der Waals surface area contributed by atoms with Gasteiger partial charge in [-0.15, -0.1) is 0 Å². The van der Waals surface area contributed by atoms with E-state index in [0.29, 0.717) is 17.9 Å². The number of aliphatic carboxylic acids is 1. The third-order valence-electron chi connectivity index (χ3n) is 3.12. The fraction of sp³-hybridized carbons (Fsp3) is 0.467. The molecule has 2 unspecified atom stereocenters. The van der Waals surface area contributed by atoms with Crippen LogP contribution in [0.4, 0.5) is 4.79 Å². The SMILES string of the molecule is CC(CCCC(=O)O)NC(=O)NC(C)c1ccc(Cl)cc1. The maximum atomic E-state index is 11.8. The van der Waals surface area contributed by atoms with Crippen LogP contribution in [0.25, 0.3) is 0 Å². The Morgan fingerprint density at radius 3 is 2.38 bits per heavy atom. The van der Waals surface area contributed by atoms with Crippen molar-refractivity contribution in [1.82, 2.24) is 10.6 Å². The van der Waals surface area contributed by atoms with Crippen LogP contribution >= 0.6 is 11.6 Å². The average Bonchev–Trinajstić information content (AvgIpc) is 2.38. The summed E-state index contributed by atoms with van der Waals surface area (Å²) in [6.07, 6.45) is 1.30. The Kier molecular flexibility index (Phi) is 7.02. The van der Waals surface area contributed by atoms with Crippen molar-refractivity contribution in [2.24, 2.45) is 0 Å². The molecule has 0 aliphatic carbocycles. The highest BCUT2D eigenvalue weighted by molar-refractivity contribution is 6.30. The number of rotatable bonds is 7. The van der Waals surface area contributed by atoms with E-state index in [-0.39, 0.29) is 24.5 Å². The van der Waals surface area contributed by atoms with Crippen molar-refractivity contribution in [3.8, 4) is 0 Å². The van der Waals surface area contributed by atoms with Gasteiger partial charge in [-0.1, -0.05) is 23.7 Å². The van der Waals surface area contributed by atoms with Crippen molar-refractivity contribution in [3.05, 3.63) is 34.9 Å². The monoisotopic (exact) mass is 312 g/mol. The third kappa shape index (κ3) is 6.99. The molecule has 116 valence electrons. The number of amides is 2. The van der Waals surface area contributed by atoms with Gasteiger partial charge in [-0.2, -0.15) is 0 Å². The molecule has 0 bridgehead atoms. The lowest BCUT2D eigenvalue weighted by molar-refractivity contribution is -0.137. The zero-order valence-corrected chi connectivity index (χ0v) is 13.0. The van der Waals surface area contributed by atoms with Crippen LogP contribution in [0.2, 0.25) is 5.02 Å². The van der Waals surface area contributed by atoms with E-state index in [1.54, 1.807) is 12.1 Å². The summed E-state index contributed by atoms with van der Waals surface area (Å²) < 4.78 is 0. The maximum Gasteiger partial charge on any atom is 0.315 e. The molecule has 0 heterocycles. The zero-order valence-electron chi connectivity index (χ0n) is 12.2. The number of halogens is 1. The van der Waals surface area contributed by atoms with E-state index in [0.717, 1.165) is 5.56 Å². The summed E-state index contributed by atoms with van der Waals surface area (Å²) in [5.74, 6) is -0.817. The van der Waals surface area contributed by atoms with E-state index in [1.165, 1.54) is 0 Å². The molecule has 2 amide bonds. The van der Waals surface area contributed by atoms with Crippen LogP contribution in [0.15, 0.2) is 24.3 Å². The first-order valence-corrected chi connectivity index (χ1v) is 7.30. The number of benzene rings is 1. The second-order valence-corrected chi connectivity index (χ2v) is 5.51. The van der Waals surface area contributed by atoms with Gasteiger partial charge >= 0.3 is 12.0 Å². The number of carbonyl (C=O) groups is 2. The normalized spacial score (nSPS) is 13.3. The molecule has 0 aliphatic rings. The Labute approximate surface area is 129 Å². The largest absolute Gasteiger partial charge is 0.481 e. The van der Waals surface area contributed by atoms with E-state index in [1.807, 2.05) is 26.0 Å². The predicted molar refractivity (Wildman–Crippen MR) is 82.5 cm³/mol. The van der Waals surface area contributed by atoms with Crippen molar-refractivity contribution in [2.75, 3.05) is 0 Å². The number of carboxylic acid groups (broad SMARTS) is 1. The maximum absolute atomic E-state index is 11.8. The van der Waals surface area contributed by atoms with Gasteiger partial charge in [-0.25, -0.2) is 4.79 Å². The molecule has 0 saturated heterocycles. The number of hydrogen-bond acceptors (Lipinski definition) is 2. The molecule has 0 aromatic heterocycles. The van der Waals surface area contributed by atoms with Gasteiger partial charge in [0.05, 0.1) is 6.04 Å². The first-order valence-electron chi connectivity index (χ1n) is 6.92. The summed E-state index contributed by atoms with van der Waals surface area (Å²) in [5.41, 5.74) is 0.966. The molecule has 1 rings (SSSR count). The molecule has 0 radical (unpaired) electrons. The van der Waals surface area contributed by atoms with Gasteiger partial charge in [0.2, 0.25) is 0 Å². The lowest BCUT2D eigenvalue weighted by Gasteiger charge is -2.18. The van der Waals surface area contributed by atoms with Gasteiger partial charge in [0.25, 0.3) is 0 Å². The van der Waals surface area contributed by atoms with E-state index in [4.69, 9.17) is 16.7 Å². The van der Waals surface area contributed by atoms with E-state index in [2.05, 4.69) is 10.6 Å². The van der Waals surface area contributed by atoms with E-state index < -0.39 is 5.97 Å². The fourth-order valence-electron chi connectivity index (χ4n) is 1.93. The number of carboxylic acids is 1. The average molecular weight is 313 g/mol. The van der Waals surface area contributed by atoms with Gasteiger partial charge in [0.15, 0.2) is 0 Å². The summed E-state index contributed by atoms with van der Waals surface area (Å²) in [6, 6.07) is 6.83. The van der Waals surface area contributed by atoms with Gasteiger partial charge in [-0.05, 0) is 44.4 Å². The van der Waals surface area contributed by atoms with Crippen LogP contribution in [0, 0.1) is 0 Å². The topological polar surface area (TPSA) is 78.4 Å². The highest BCUT2D eigenvalue weighted by atomic mass is 35.5.